The van der Waals surface area contributed by atoms with Gasteiger partial charge in [-0.1, -0.05) is 28.1 Å². The summed E-state index contributed by atoms with van der Waals surface area (Å²) >= 11 is 3.37. The van der Waals surface area contributed by atoms with E-state index in [1.807, 2.05) is 36.4 Å². The molecule has 0 aliphatic rings. The third-order valence-electron chi connectivity index (χ3n) is 4.12. The zero-order chi connectivity index (χ0) is 20.9. The Morgan fingerprint density at radius 2 is 1.87 bits per heavy atom. The number of anilines is 1. The van der Waals surface area contributed by atoms with Crippen molar-refractivity contribution < 1.29 is 14.3 Å². The van der Waals surface area contributed by atoms with Crippen molar-refractivity contribution in [2.45, 2.75) is 0 Å². The highest BCUT2D eigenvalue weighted by Crippen LogP contribution is 2.28. The van der Waals surface area contributed by atoms with E-state index in [1.54, 1.807) is 37.6 Å². The molecule has 8 nitrogen and oxygen atoms in total. The van der Waals surface area contributed by atoms with Crippen LogP contribution in [0.2, 0.25) is 0 Å². The maximum atomic E-state index is 12.8. The number of carbonyl (C=O) groups excluding carboxylic acids is 1. The van der Waals surface area contributed by atoms with Crippen molar-refractivity contribution in [2.75, 3.05) is 12.4 Å². The summed E-state index contributed by atoms with van der Waals surface area (Å²) in [5.41, 5.74) is 0.984. The van der Waals surface area contributed by atoms with Gasteiger partial charge in [0.2, 0.25) is 11.8 Å². The van der Waals surface area contributed by atoms with Gasteiger partial charge in [0.15, 0.2) is 5.82 Å². The quantitative estimate of drug-likeness (QED) is 0.428. The fourth-order valence-corrected chi connectivity index (χ4v) is 2.97. The summed E-state index contributed by atoms with van der Waals surface area (Å²) in [5.74, 6) is 1.53. The highest BCUT2D eigenvalue weighted by atomic mass is 79.9. The van der Waals surface area contributed by atoms with Crippen molar-refractivity contribution in [1.82, 2.24) is 20.2 Å². The standard InChI is InChI=1S/C21H16BrN5O3/c1-29-17-7-3-2-5-15(17)18-24-21(27-26-18)25-19(28)16-6-4-12-23-20(16)30-14-10-8-13(22)9-11-14/h2-12H,1H3,(H2,24,25,26,27,28). The number of halogens is 1. The first-order valence-electron chi connectivity index (χ1n) is 8.89. The van der Waals surface area contributed by atoms with Gasteiger partial charge in [0, 0.05) is 10.7 Å². The normalized spacial score (nSPS) is 10.5. The van der Waals surface area contributed by atoms with E-state index in [9.17, 15) is 4.79 Å². The van der Waals surface area contributed by atoms with Gasteiger partial charge in [-0.2, -0.15) is 4.98 Å². The lowest BCUT2D eigenvalue weighted by molar-refractivity contribution is 0.102. The molecule has 150 valence electrons. The van der Waals surface area contributed by atoms with Gasteiger partial charge in [0.05, 0.1) is 12.7 Å². The van der Waals surface area contributed by atoms with Gasteiger partial charge in [-0.25, -0.2) is 4.98 Å². The molecule has 1 amide bonds. The number of amides is 1. The van der Waals surface area contributed by atoms with E-state index in [0.29, 0.717) is 17.3 Å². The van der Waals surface area contributed by atoms with Crippen LogP contribution in [0.1, 0.15) is 10.4 Å². The van der Waals surface area contributed by atoms with Crippen LogP contribution in [0.5, 0.6) is 17.4 Å². The predicted octanol–water partition coefficient (Wildman–Crippen LogP) is 4.68. The summed E-state index contributed by atoms with van der Waals surface area (Å²) in [6, 6.07) is 17.9. The third kappa shape index (κ3) is 4.31. The first-order valence-corrected chi connectivity index (χ1v) is 9.69. The third-order valence-corrected chi connectivity index (χ3v) is 4.65. The van der Waals surface area contributed by atoms with Gasteiger partial charge in [-0.3, -0.25) is 15.2 Å². The summed E-state index contributed by atoms with van der Waals surface area (Å²) in [7, 11) is 1.58. The predicted molar refractivity (Wildman–Crippen MR) is 115 cm³/mol. The van der Waals surface area contributed by atoms with Crippen LogP contribution in [0, 0.1) is 0 Å². The molecule has 4 aromatic rings. The number of pyridine rings is 1. The van der Waals surface area contributed by atoms with E-state index in [4.69, 9.17) is 9.47 Å². The van der Waals surface area contributed by atoms with Crippen molar-refractivity contribution in [1.29, 1.82) is 0 Å². The van der Waals surface area contributed by atoms with E-state index >= 15 is 0 Å². The van der Waals surface area contributed by atoms with Crippen LogP contribution >= 0.6 is 15.9 Å². The number of aromatic amines is 1. The molecule has 30 heavy (non-hydrogen) atoms. The number of ether oxygens (including phenoxy) is 2. The number of hydrogen-bond acceptors (Lipinski definition) is 6. The molecule has 0 bridgehead atoms. The van der Waals surface area contributed by atoms with Crippen molar-refractivity contribution >= 4 is 27.8 Å². The van der Waals surface area contributed by atoms with Crippen molar-refractivity contribution in [3.05, 3.63) is 76.9 Å². The van der Waals surface area contributed by atoms with Crippen molar-refractivity contribution in [2.24, 2.45) is 0 Å². The lowest BCUT2D eigenvalue weighted by Gasteiger charge is -2.09. The molecular formula is C21H16BrN5O3. The van der Waals surface area contributed by atoms with Crippen LogP contribution < -0.4 is 14.8 Å². The van der Waals surface area contributed by atoms with Crippen molar-refractivity contribution in [3.8, 4) is 28.8 Å². The van der Waals surface area contributed by atoms with Gasteiger partial charge in [0.1, 0.15) is 17.1 Å². The second-order valence-electron chi connectivity index (χ2n) is 6.07. The lowest BCUT2D eigenvalue weighted by atomic mass is 10.2. The minimum Gasteiger partial charge on any atom is -0.496 e. The molecule has 4 rings (SSSR count). The van der Waals surface area contributed by atoms with Crippen LogP contribution in [0.15, 0.2) is 71.3 Å². The Labute approximate surface area is 180 Å². The SMILES string of the molecule is COc1ccccc1-c1nc(NC(=O)c2cccnc2Oc2ccc(Br)cc2)n[nH]1. The van der Waals surface area contributed by atoms with Gasteiger partial charge in [0.25, 0.3) is 5.91 Å². The molecule has 2 aromatic carbocycles. The van der Waals surface area contributed by atoms with Crippen LogP contribution in [-0.4, -0.2) is 33.2 Å². The van der Waals surface area contributed by atoms with Gasteiger partial charge in [-0.05, 0) is 48.5 Å². The number of rotatable bonds is 6. The maximum Gasteiger partial charge on any atom is 0.263 e. The monoisotopic (exact) mass is 465 g/mol. The second-order valence-corrected chi connectivity index (χ2v) is 6.99. The van der Waals surface area contributed by atoms with Gasteiger partial charge >= 0.3 is 0 Å². The minimum atomic E-state index is -0.444. The molecule has 2 aromatic heterocycles. The Bertz CT molecular complexity index is 1180. The summed E-state index contributed by atoms with van der Waals surface area (Å²) < 4.78 is 12.0. The largest absolute Gasteiger partial charge is 0.496 e. The van der Waals surface area contributed by atoms with Crippen LogP contribution in [0.3, 0.4) is 0 Å². The first-order chi connectivity index (χ1) is 14.6. The van der Waals surface area contributed by atoms with Crippen LogP contribution in [0.4, 0.5) is 5.95 Å². The smallest absolute Gasteiger partial charge is 0.263 e. The van der Waals surface area contributed by atoms with E-state index in [2.05, 4.69) is 41.4 Å². The van der Waals surface area contributed by atoms with Gasteiger partial charge < -0.3 is 9.47 Å². The summed E-state index contributed by atoms with van der Waals surface area (Å²) in [6.07, 6.45) is 1.55. The van der Waals surface area contributed by atoms with Crippen LogP contribution in [-0.2, 0) is 0 Å². The van der Waals surface area contributed by atoms with E-state index in [1.165, 1.54) is 0 Å². The molecule has 0 atom stereocenters. The Kier molecular flexibility index (Phi) is 5.71. The number of methoxy groups -OCH3 is 1. The highest BCUT2D eigenvalue weighted by Gasteiger charge is 2.17. The van der Waals surface area contributed by atoms with E-state index in [0.717, 1.165) is 10.0 Å². The molecule has 2 N–H and O–H groups in total. The lowest BCUT2D eigenvalue weighted by Crippen LogP contribution is -2.14. The minimum absolute atomic E-state index is 0.124. The zero-order valence-corrected chi connectivity index (χ0v) is 17.4. The maximum absolute atomic E-state index is 12.8. The molecular weight excluding hydrogens is 450 g/mol. The average Bonchev–Trinajstić information content (AvgIpc) is 3.24. The first kappa shape index (κ1) is 19.6. The Morgan fingerprint density at radius 1 is 1.07 bits per heavy atom. The van der Waals surface area contributed by atoms with Gasteiger partial charge in [-0.15, -0.1) is 5.10 Å². The molecule has 0 aliphatic carbocycles. The number of aromatic nitrogens is 4. The summed E-state index contributed by atoms with van der Waals surface area (Å²) in [5, 5.41) is 9.53. The molecule has 0 unspecified atom stereocenters. The number of H-pyrrole nitrogens is 1. The molecule has 0 spiro atoms. The number of benzene rings is 2. The molecule has 0 saturated carbocycles. The number of nitrogens with one attached hydrogen (secondary N) is 2. The molecule has 9 heteroatoms. The molecule has 0 saturated heterocycles. The average molecular weight is 466 g/mol. The Balaban J connectivity index is 1.54. The second kappa shape index (κ2) is 8.75. The van der Waals surface area contributed by atoms with E-state index in [-0.39, 0.29) is 17.4 Å². The topological polar surface area (TPSA) is 102 Å². The summed E-state index contributed by atoms with van der Waals surface area (Å²) in [6.45, 7) is 0. The molecule has 0 aliphatic heterocycles. The zero-order valence-electron chi connectivity index (χ0n) is 15.8. The molecule has 0 radical (unpaired) electrons. The number of para-hydroxylation sites is 1. The molecule has 0 fully saturated rings. The fourth-order valence-electron chi connectivity index (χ4n) is 2.71. The molecule has 2 heterocycles. The van der Waals surface area contributed by atoms with E-state index < -0.39 is 5.91 Å². The van der Waals surface area contributed by atoms with Crippen LogP contribution in [0.25, 0.3) is 11.4 Å². The fraction of sp³-hybridized carbons (Fsp3) is 0.0476. The number of hydrogen-bond donors (Lipinski definition) is 2. The Hall–Kier alpha value is -3.72. The Morgan fingerprint density at radius 3 is 2.67 bits per heavy atom. The number of carbonyl (C=O) groups is 1. The highest BCUT2D eigenvalue weighted by molar-refractivity contribution is 9.10. The van der Waals surface area contributed by atoms with Crippen molar-refractivity contribution in [3.63, 3.8) is 0 Å². The number of nitrogens with zero attached hydrogens (tertiary/aromatic N) is 3. The summed E-state index contributed by atoms with van der Waals surface area (Å²) in [4.78, 5) is 21.3.